The molecule has 0 amide bonds. The largest absolute Gasteiger partial charge is 0.497 e. The quantitative estimate of drug-likeness (QED) is 0.415. The molecule has 0 aliphatic heterocycles. The summed E-state index contributed by atoms with van der Waals surface area (Å²) in [6, 6.07) is 17.8. The first-order valence-corrected chi connectivity index (χ1v) is 10.6. The van der Waals surface area contributed by atoms with Crippen LogP contribution in [0.25, 0.3) is 0 Å². The molecule has 7 nitrogen and oxygen atoms in total. The third kappa shape index (κ3) is 8.46. The highest BCUT2D eigenvalue weighted by Crippen LogP contribution is 2.33. The zero-order valence-electron chi connectivity index (χ0n) is 20.4. The molecule has 1 heterocycles. The van der Waals surface area contributed by atoms with Gasteiger partial charge in [-0.1, -0.05) is 0 Å². The lowest BCUT2D eigenvalue weighted by molar-refractivity contribution is 0.207. The molecule has 2 aromatic carbocycles. The van der Waals surface area contributed by atoms with Gasteiger partial charge in [0, 0.05) is 81.6 Å². The Morgan fingerprint density at radius 1 is 0.939 bits per heavy atom. The lowest BCUT2D eigenvalue weighted by atomic mass is 10.2. The van der Waals surface area contributed by atoms with Crippen molar-refractivity contribution in [3.63, 3.8) is 0 Å². The Morgan fingerprint density at radius 3 is 2.00 bits per heavy atom. The number of aromatic nitrogens is 1. The first-order valence-electron chi connectivity index (χ1n) is 10.6. The van der Waals surface area contributed by atoms with E-state index in [4.69, 9.17) is 14.2 Å². The Hall–Kier alpha value is -3.58. The van der Waals surface area contributed by atoms with Gasteiger partial charge in [0.25, 0.3) is 0 Å². The average Bonchev–Trinajstić information content (AvgIpc) is 3.34. The SMILES string of the molecule is CN=C(C)C=Nc1ccc(N(CCOC)c2cc(OC)cc(OC)c2)cc1.Cn1cccc1. The summed E-state index contributed by atoms with van der Waals surface area (Å²) in [6.07, 6.45) is 5.75. The summed E-state index contributed by atoms with van der Waals surface area (Å²) >= 11 is 0. The number of ether oxygens (including phenoxy) is 3. The summed E-state index contributed by atoms with van der Waals surface area (Å²) in [6.45, 7) is 3.20. The minimum atomic E-state index is 0.589. The molecule has 3 aromatic rings. The van der Waals surface area contributed by atoms with Gasteiger partial charge >= 0.3 is 0 Å². The maximum atomic E-state index is 5.40. The number of rotatable bonds is 9. The van der Waals surface area contributed by atoms with Gasteiger partial charge in [-0.25, -0.2) is 0 Å². The van der Waals surface area contributed by atoms with Crippen molar-refractivity contribution in [2.24, 2.45) is 17.0 Å². The van der Waals surface area contributed by atoms with Crippen molar-refractivity contribution in [2.45, 2.75) is 6.92 Å². The molecule has 0 aliphatic rings. The van der Waals surface area contributed by atoms with Crippen LogP contribution in [0.3, 0.4) is 0 Å². The molecule has 0 saturated carbocycles. The second-order valence-electron chi connectivity index (χ2n) is 7.20. The summed E-state index contributed by atoms with van der Waals surface area (Å²) in [7, 11) is 8.74. The van der Waals surface area contributed by atoms with E-state index in [1.54, 1.807) is 34.6 Å². The van der Waals surface area contributed by atoms with Crippen molar-refractivity contribution in [1.29, 1.82) is 0 Å². The Kier molecular flexibility index (Phi) is 10.7. The smallest absolute Gasteiger partial charge is 0.124 e. The predicted octanol–water partition coefficient (Wildman–Crippen LogP) is 5.31. The molecule has 0 bridgehead atoms. The van der Waals surface area contributed by atoms with Crippen LogP contribution in [-0.4, -0.2) is 58.0 Å². The summed E-state index contributed by atoms with van der Waals surface area (Å²) in [5.74, 6) is 1.48. The van der Waals surface area contributed by atoms with Gasteiger partial charge in [0.05, 0.1) is 26.5 Å². The van der Waals surface area contributed by atoms with E-state index in [0.717, 1.165) is 34.3 Å². The van der Waals surface area contributed by atoms with Gasteiger partial charge in [-0.15, -0.1) is 0 Å². The molecule has 0 N–H and O–H groups in total. The fourth-order valence-electron chi connectivity index (χ4n) is 2.90. The Balaban J connectivity index is 0.000000554. The average molecular weight is 451 g/mol. The van der Waals surface area contributed by atoms with Crippen LogP contribution < -0.4 is 14.4 Å². The van der Waals surface area contributed by atoms with E-state index < -0.39 is 0 Å². The van der Waals surface area contributed by atoms with Crippen LogP contribution in [-0.2, 0) is 11.8 Å². The number of aliphatic imine (C=N–C) groups is 2. The summed E-state index contributed by atoms with van der Waals surface area (Å²) in [5, 5.41) is 0. The molecule has 0 saturated heterocycles. The van der Waals surface area contributed by atoms with Crippen molar-refractivity contribution in [3.8, 4) is 11.5 Å². The molecule has 0 radical (unpaired) electrons. The van der Waals surface area contributed by atoms with Crippen LogP contribution in [0.1, 0.15) is 6.92 Å². The van der Waals surface area contributed by atoms with E-state index in [9.17, 15) is 0 Å². The lowest BCUT2D eigenvalue weighted by Crippen LogP contribution is -2.22. The molecule has 33 heavy (non-hydrogen) atoms. The van der Waals surface area contributed by atoms with Gasteiger partial charge in [-0.05, 0) is 43.3 Å². The van der Waals surface area contributed by atoms with E-state index >= 15 is 0 Å². The minimum Gasteiger partial charge on any atom is -0.497 e. The number of methoxy groups -OCH3 is 3. The van der Waals surface area contributed by atoms with Crippen LogP contribution in [0.4, 0.5) is 17.1 Å². The molecule has 0 spiro atoms. The Labute approximate surface area is 197 Å². The minimum absolute atomic E-state index is 0.589. The molecular weight excluding hydrogens is 416 g/mol. The first-order chi connectivity index (χ1) is 16.0. The molecular formula is C26H34N4O3. The third-order valence-electron chi connectivity index (χ3n) is 4.83. The third-order valence-corrected chi connectivity index (χ3v) is 4.83. The van der Waals surface area contributed by atoms with Gasteiger partial charge in [-0.2, -0.15) is 0 Å². The number of hydrogen-bond donors (Lipinski definition) is 0. The van der Waals surface area contributed by atoms with Gasteiger partial charge < -0.3 is 23.7 Å². The van der Waals surface area contributed by atoms with Crippen LogP contribution >= 0.6 is 0 Å². The normalized spacial score (nSPS) is 11.2. The predicted molar refractivity (Wildman–Crippen MR) is 137 cm³/mol. The molecule has 176 valence electrons. The maximum absolute atomic E-state index is 5.40. The van der Waals surface area contributed by atoms with Crippen molar-refractivity contribution in [2.75, 3.05) is 46.4 Å². The van der Waals surface area contributed by atoms with E-state index in [0.29, 0.717) is 13.2 Å². The number of benzene rings is 2. The van der Waals surface area contributed by atoms with Crippen LogP contribution in [0.5, 0.6) is 11.5 Å². The molecule has 7 heteroatoms. The van der Waals surface area contributed by atoms with Crippen LogP contribution in [0, 0.1) is 0 Å². The van der Waals surface area contributed by atoms with E-state index in [1.807, 2.05) is 85.5 Å². The molecule has 0 fully saturated rings. The fourth-order valence-corrected chi connectivity index (χ4v) is 2.90. The highest BCUT2D eigenvalue weighted by molar-refractivity contribution is 6.29. The number of anilines is 2. The van der Waals surface area contributed by atoms with Gasteiger partial charge in [-0.3, -0.25) is 9.98 Å². The molecule has 3 rings (SSSR count). The summed E-state index contributed by atoms with van der Waals surface area (Å²) in [5.41, 5.74) is 3.75. The highest BCUT2D eigenvalue weighted by Gasteiger charge is 2.12. The Morgan fingerprint density at radius 2 is 1.55 bits per heavy atom. The van der Waals surface area contributed by atoms with Gasteiger partial charge in [0.2, 0.25) is 0 Å². The van der Waals surface area contributed by atoms with E-state index in [-0.39, 0.29) is 0 Å². The van der Waals surface area contributed by atoms with Crippen molar-refractivity contribution >= 4 is 29.0 Å². The van der Waals surface area contributed by atoms with Crippen molar-refractivity contribution in [3.05, 3.63) is 67.0 Å². The highest BCUT2D eigenvalue weighted by atomic mass is 16.5. The molecule has 0 atom stereocenters. The number of aryl methyl sites for hydroxylation is 1. The monoisotopic (exact) mass is 450 g/mol. The van der Waals surface area contributed by atoms with E-state index in [1.165, 1.54) is 0 Å². The Bertz CT molecular complexity index is 990. The standard InChI is InChI=1S/C21H27N3O3.C5H7N/c1-16(22-2)15-23-17-6-8-18(9-7-17)24(10-11-25-3)19-12-20(26-4)14-21(13-19)27-5;1-6-4-2-3-5-6/h6-9,12-15H,10-11H2,1-5H3;2-5H,1H3. The number of hydrogen-bond acceptors (Lipinski definition) is 6. The van der Waals surface area contributed by atoms with Crippen molar-refractivity contribution < 1.29 is 14.2 Å². The fraction of sp³-hybridized carbons (Fsp3) is 0.308. The zero-order valence-corrected chi connectivity index (χ0v) is 20.4. The second kappa shape index (κ2) is 13.8. The van der Waals surface area contributed by atoms with Crippen LogP contribution in [0.2, 0.25) is 0 Å². The first kappa shape index (κ1) is 25.7. The van der Waals surface area contributed by atoms with E-state index in [2.05, 4.69) is 14.9 Å². The number of nitrogens with zero attached hydrogens (tertiary/aromatic N) is 4. The molecule has 1 aromatic heterocycles. The molecule has 0 unspecified atom stereocenters. The van der Waals surface area contributed by atoms with Crippen LogP contribution in [0.15, 0.2) is 77.0 Å². The van der Waals surface area contributed by atoms with Gasteiger partial charge in [0.15, 0.2) is 0 Å². The summed E-state index contributed by atoms with van der Waals surface area (Å²) in [4.78, 5) is 10.7. The topological polar surface area (TPSA) is 60.6 Å². The zero-order chi connectivity index (χ0) is 24.1. The van der Waals surface area contributed by atoms with Gasteiger partial charge in [0.1, 0.15) is 11.5 Å². The lowest BCUT2D eigenvalue weighted by Gasteiger charge is -2.25. The maximum Gasteiger partial charge on any atom is 0.124 e. The van der Waals surface area contributed by atoms with Crippen molar-refractivity contribution in [1.82, 2.24) is 4.57 Å². The second-order valence-corrected chi connectivity index (χ2v) is 7.20. The summed E-state index contributed by atoms with van der Waals surface area (Å²) < 4.78 is 18.1. The molecule has 0 aliphatic carbocycles.